The molecule has 0 saturated carbocycles. The number of rotatable bonds is 4. The fourth-order valence-corrected chi connectivity index (χ4v) is 3.66. The lowest BCUT2D eigenvalue weighted by Crippen LogP contribution is -2.25. The average Bonchev–Trinajstić information content (AvgIpc) is 3.12. The van der Waals surface area contributed by atoms with Crippen LogP contribution in [0.15, 0.2) is 42.7 Å². The molecule has 2 heterocycles. The van der Waals surface area contributed by atoms with E-state index < -0.39 is 5.82 Å². The zero-order valence-electron chi connectivity index (χ0n) is 15.2. The molecule has 3 aromatic rings. The molecule has 1 unspecified atom stereocenters. The van der Waals surface area contributed by atoms with Crippen LogP contribution < -0.4 is 14.8 Å². The molecule has 8 heteroatoms. The van der Waals surface area contributed by atoms with Crippen LogP contribution in [0.1, 0.15) is 23.6 Å². The SMILES string of the molecule is COc1cccc(C2CC(=O)Nc3c2ncn3-c2ccc(F)c(Cl)c2)c1OC. The predicted octanol–water partition coefficient (Wildman–Crippen LogP) is 4.16. The number of carbonyl (C=O) groups excluding carboxylic acids is 1. The summed E-state index contributed by atoms with van der Waals surface area (Å²) in [5.74, 6) is 0.687. The number of nitrogens with zero attached hydrogens (tertiary/aromatic N) is 2. The number of ether oxygens (including phenoxy) is 2. The molecule has 0 spiro atoms. The summed E-state index contributed by atoms with van der Waals surface area (Å²) < 4.78 is 26.1. The van der Waals surface area contributed by atoms with Crippen molar-refractivity contribution < 1.29 is 18.7 Å². The molecule has 1 aliphatic rings. The lowest BCUT2D eigenvalue weighted by Gasteiger charge is -2.25. The van der Waals surface area contributed by atoms with E-state index in [2.05, 4.69) is 10.3 Å². The van der Waals surface area contributed by atoms with Gasteiger partial charge in [0.25, 0.3) is 0 Å². The van der Waals surface area contributed by atoms with Gasteiger partial charge in [-0.15, -0.1) is 0 Å². The number of amides is 1. The Morgan fingerprint density at radius 3 is 2.79 bits per heavy atom. The summed E-state index contributed by atoms with van der Waals surface area (Å²) in [7, 11) is 3.12. The number of carbonyl (C=O) groups is 1. The number of anilines is 1. The van der Waals surface area contributed by atoms with E-state index in [0.717, 1.165) is 5.56 Å². The van der Waals surface area contributed by atoms with Crippen LogP contribution >= 0.6 is 11.6 Å². The lowest BCUT2D eigenvalue weighted by atomic mass is 9.89. The monoisotopic (exact) mass is 401 g/mol. The Balaban J connectivity index is 1.85. The third-order valence-electron chi connectivity index (χ3n) is 4.76. The predicted molar refractivity (Wildman–Crippen MR) is 103 cm³/mol. The summed E-state index contributed by atoms with van der Waals surface area (Å²) in [6.07, 6.45) is 1.80. The zero-order chi connectivity index (χ0) is 19.8. The van der Waals surface area contributed by atoms with Crippen molar-refractivity contribution in [1.29, 1.82) is 0 Å². The number of aromatic nitrogens is 2. The normalized spacial score (nSPS) is 15.7. The lowest BCUT2D eigenvalue weighted by molar-refractivity contribution is -0.116. The molecule has 4 rings (SSSR count). The van der Waals surface area contributed by atoms with Crippen molar-refractivity contribution in [2.24, 2.45) is 0 Å². The summed E-state index contributed by atoms with van der Waals surface area (Å²) in [6, 6.07) is 9.87. The van der Waals surface area contributed by atoms with Gasteiger partial charge in [-0.05, 0) is 24.3 Å². The van der Waals surface area contributed by atoms with Gasteiger partial charge >= 0.3 is 0 Å². The van der Waals surface area contributed by atoms with Crippen molar-refractivity contribution in [2.75, 3.05) is 19.5 Å². The van der Waals surface area contributed by atoms with Gasteiger partial charge in [0.15, 0.2) is 11.5 Å². The zero-order valence-corrected chi connectivity index (χ0v) is 16.0. The number of methoxy groups -OCH3 is 2. The molecule has 2 aromatic carbocycles. The summed E-state index contributed by atoms with van der Waals surface area (Å²) in [5, 5.41) is 2.85. The van der Waals surface area contributed by atoms with Gasteiger partial charge in [-0.25, -0.2) is 9.37 Å². The molecular weight excluding hydrogens is 385 g/mol. The van der Waals surface area contributed by atoms with Gasteiger partial charge in [0, 0.05) is 17.9 Å². The average molecular weight is 402 g/mol. The second-order valence-electron chi connectivity index (χ2n) is 6.33. The minimum absolute atomic E-state index is 0.00639. The fraction of sp³-hybridized carbons (Fsp3) is 0.200. The number of fused-ring (bicyclic) bond motifs is 1. The number of nitrogens with one attached hydrogen (secondary N) is 1. The molecule has 1 aromatic heterocycles. The van der Waals surface area contributed by atoms with Gasteiger partial charge in [-0.3, -0.25) is 9.36 Å². The highest BCUT2D eigenvalue weighted by molar-refractivity contribution is 6.30. The molecule has 0 saturated heterocycles. The fourth-order valence-electron chi connectivity index (χ4n) is 3.48. The van der Waals surface area contributed by atoms with Crippen LogP contribution in [0.25, 0.3) is 5.69 Å². The smallest absolute Gasteiger partial charge is 0.226 e. The first-order chi connectivity index (χ1) is 13.5. The number of hydrogen-bond acceptors (Lipinski definition) is 4. The highest BCUT2D eigenvalue weighted by Gasteiger charge is 2.33. The first-order valence-corrected chi connectivity index (χ1v) is 8.94. The van der Waals surface area contributed by atoms with Crippen molar-refractivity contribution >= 4 is 23.3 Å². The standard InChI is InChI=1S/C20H17ClFN3O3/c1-27-16-5-3-4-12(19(16)28-2)13-9-17(26)24-20-18(13)23-10-25(20)11-6-7-15(22)14(21)8-11/h3-8,10,13H,9H2,1-2H3,(H,24,26). The van der Waals surface area contributed by atoms with Crippen molar-refractivity contribution in [3.8, 4) is 17.2 Å². The Bertz CT molecular complexity index is 1070. The highest BCUT2D eigenvalue weighted by atomic mass is 35.5. The molecule has 0 aliphatic carbocycles. The van der Waals surface area contributed by atoms with E-state index in [1.165, 1.54) is 12.1 Å². The molecule has 0 bridgehead atoms. The van der Waals surface area contributed by atoms with Crippen LogP contribution in [0.2, 0.25) is 5.02 Å². The van der Waals surface area contributed by atoms with Crippen LogP contribution in [0, 0.1) is 5.82 Å². The van der Waals surface area contributed by atoms with E-state index in [0.29, 0.717) is 28.7 Å². The molecular formula is C20H17ClFN3O3. The Hall–Kier alpha value is -3.06. The Kier molecular flexibility index (Phi) is 4.68. The molecule has 1 atom stereocenters. The number of halogens is 2. The van der Waals surface area contributed by atoms with Crippen LogP contribution in [0.3, 0.4) is 0 Å². The van der Waals surface area contributed by atoms with E-state index in [4.69, 9.17) is 21.1 Å². The quantitative estimate of drug-likeness (QED) is 0.713. The maximum absolute atomic E-state index is 13.5. The minimum Gasteiger partial charge on any atom is -0.493 e. The number of para-hydroxylation sites is 1. The molecule has 1 N–H and O–H groups in total. The Morgan fingerprint density at radius 2 is 2.07 bits per heavy atom. The first kappa shape index (κ1) is 18.3. The van der Waals surface area contributed by atoms with Crippen LogP contribution in [0.5, 0.6) is 11.5 Å². The second-order valence-corrected chi connectivity index (χ2v) is 6.74. The molecule has 1 aliphatic heterocycles. The summed E-state index contributed by atoms with van der Waals surface area (Å²) in [4.78, 5) is 17.0. The molecule has 0 fully saturated rings. The van der Waals surface area contributed by atoms with Gasteiger partial charge in [0.2, 0.25) is 5.91 Å². The van der Waals surface area contributed by atoms with Gasteiger partial charge in [-0.1, -0.05) is 23.7 Å². The summed E-state index contributed by atoms with van der Waals surface area (Å²) >= 11 is 5.91. The Morgan fingerprint density at radius 1 is 1.25 bits per heavy atom. The molecule has 6 nitrogen and oxygen atoms in total. The van der Waals surface area contributed by atoms with E-state index in [1.54, 1.807) is 37.2 Å². The van der Waals surface area contributed by atoms with Crippen LogP contribution in [-0.4, -0.2) is 29.7 Å². The minimum atomic E-state index is -0.512. The van der Waals surface area contributed by atoms with Crippen molar-refractivity contribution in [2.45, 2.75) is 12.3 Å². The Labute approximate surface area is 165 Å². The van der Waals surface area contributed by atoms with Crippen LogP contribution in [-0.2, 0) is 4.79 Å². The maximum atomic E-state index is 13.5. The van der Waals surface area contributed by atoms with E-state index in [-0.39, 0.29) is 23.3 Å². The van der Waals surface area contributed by atoms with Gasteiger partial charge in [0.05, 0.1) is 30.6 Å². The molecule has 1 amide bonds. The van der Waals surface area contributed by atoms with Gasteiger partial charge < -0.3 is 14.8 Å². The van der Waals surface area contributed by atoms with Crippen molar-refractivity contribution in [1.82, 2.24) is 9.55 Å². The van der Waals surface area contributed by atoms with E-state index in [1.807, 2.05) is 12.1 Å². The number of imidazole rings is 1. The topological polar surface area (TPSA) is 65.4 Å². The largest absolute Gasteiger partial charge is 0.493 e. The molecule has 28 heavy (non-hydrogen) atoms. The first-order valence-electron chi connectivity index (χ1n) is 8.57. The summed E-state index contributed by atoms with van der Waals surface area (Å²) in [6.45, 7) is 0. The van der Waals surface area contributed by atoms with Gasteiger partial charge in [-0.2, -0.15) is 0 Å². The highest BCUT2D eigenvalue weighted by Crippen LogP contribution is 2.43. The van der Waals surface area contributed by atoms with Crippen molar-refractivity contribution in [3.63, 3.8) is 0 Å². The third kappa shape index (κ3) is 2.97. The van der Waals surface area contributed by atoms with E-state index >= 15 is 0 Å². The third-order valence-corrected chi connectivity index (χ3v) is 5.05. The molecule has 144 valence electrons. The number of benzene rings is 2. The maximum Gasteiger partial charge on any atom is 0.226 e. The number of hydrogen-bond donors (Lipinski definition) is 1. The van der Waals surface area contributed by atoms with E-state index in [9.17, 15) is 9.18 Å². The van der Waals surface area contributed by atoms with Gasteiger partial charge in [0.1, 0.15) is 18.0 Å². The second kappa shape index (κ2) is 7.16. The van der Waals surface area contributed by atoms with Crippen LogP contribution in [0.4, 0.5) is 10.2 Å². The summed E-state index contributed by atoms with van der Waals surface area (Å²) in [5.41, 5.74) is 2.09. The molecule has 0 radical (unpaired) electrons. The van der Waals surface area contributed by atoms with Crippen molar-refractivity contribution in [3.05, 3.63) is 64.8 Å².